The summed E-state index contributed by atoms with van der Waals surface area (Å²) >= 11 is 0. The number of aliphatic imine (C=N–C) groups is 1. The van der Waals surface area contributed by atoms with Gasteiger partial charge in [0.05, 0.1) is 31.1 Å². The van der Waals surface area contributed by atoms with E-state index in [0.29, 0.717) is 66.5 Å². The van der Waals surface area contributed by atoms with Gasteiger partial charge in [-0.2, -0.15) is 0 Å². The molecule has 8 nitrogen and oxygen atoms in total. The second-order valence-electron chi connectivity index (χ2n) is 11.9. The quantitative estimate of drug-likeness (QED) is 0.148. The Bertz CT molecular complexity index is 1770. The van der Waals surface area contributed by atoms with Gasteiger partial charge in [-0.15, -0.1) is 0 Å². The van der Waals surface area contributed by atoms with Crippen molar-refractivity contribution in [3.05, 3.63) is 124 Å². The summed E-state index contributed by atoms with van der Waals surface area (Å²) in [7, 11) is 3.20. The van der Waals surface area contributed by atoms with Crippen LogP contribution in [0.3, 0.4) is 0 Å². The Hall–Kier alpha value is -4.98. The van der Waals surface area contributed by atoms with E-state index >= 15 is 0 Å². The van der Waals surface area contributed by atoms with Gasteiger partial charge in [0.1, 0.15) is 11.5 Å². The predicted octanol–water partition coefficient (Wildman–Crippen LogP) is 7.18. The Morgan fingerprint density at radius 1 is 0.826 bits per heavy atom. The molecule has 46 heavy (non-hydrogen) atoms. The van der Waals surface area contributed by atoms with Crippen molar-refractivity contribution in [2.24, 2.45) is 4.99 Å². The van der Waals surface area contributed by atoms with Gasteiger partial charge in [0.2, 0.25) is 0 Å². The van der Waals surface area contributed by atoms with Crippen molar-refractivity contribution in [1.82, 2.24) is 5.16 Å². The van der Waals surface area contributed by atoms with E-state index in [1.165, 1.54) is 0 Å². The Morgan fingerprint density at radius 3 is 2.15 bits per heavy atom. The molecule has 236 valence electrons. The SMILES string of the molecule is COc1ccc(CCN=C2CC(c3ccccc3)CC(=O)/C2=C(\O)CCc2noc3c2C(=O)CC(c2ccccc2)C3)cc1OC. The third-order valence-corrected chi connectivity index (χ3v) is 9.00. The van der Waals surface area contributed by atoms with E-state index in [4.69, 9.17) is 19.0 Å². The highest BCUT2D eigenvalue weighted by atomic mass is 16.5. The Kier molecular flexibility index (Phi) is 9.43. The number of ether oxygens (including phenoxy) is 2. The third-order valence-electron chi connectivity index (χ3n) is 9.00. The third kappa shape index (κ3) is 6.66. The molecule has 1 heterocycles. The molecule has 2 aliphatic rings. The minimum Gasteiger partial charge on any atom is -0.511 e. The Balaban J connectivity index is 1.22. The highest BCUT2D eigenvalue weighted by Gasteiger charge is 2.34. The van der Waals surface area contributed by atoms with Gasteiger partial charge in [0, 0.05) is 44.4 Å². The van der Waals surface area contributed by atoms with E-state index in [2.05, 4.69) is 5.16 Å². The first-order chi connectivity index (χ1) is 22.4. The Labute approximate surface area is 268 Å². The first kappa shape index (κ1) is 31.0. The maximum absolute atomic E-state index is 13.6. The maximum Gasteiger partial charge on any atom is 0.168 e. The largest absolute Gasteiger partial charge is 0.511 e. The number of methoxy groups -OCH3 is 2. The molecule has 3 aromatic carbocycles. The van der Waals surface area contributed by atoms with Crippen molar-refractivity contribution < 1.29 is 28.7 Å². The van der Waals surface area contributed by atoms with Gasteiger partial charge in [-0.05, 0) is 53.5 Å². The molecule has 0 spiro atoms. The highest BCUT2D eigenvalue weighted by molar-refractivity contribution is 6.24. The molecule has 1 saturated carbocycles. The molecule has 8 heteroatoms. The van der Waals surface area contributed by atoms with Crippen molar-refractivity contribution in [2.45, 2.75) is 56.8 Å². The van der Waals surface area contributed by atoms with Crippen molar-refractivity contribution in [3.8, 4) is 11.5 Å². The van der Waals surface area contributed by atoms with E-state index in [1.807, 2.05) is 78.9 Å². The number of ketones is 2. The molecule has 1 aromatic heterocycles. The number of nitrogens with zero attached hydrogens (tertiary/aromatic N) is 2. The van der Waals surface area contributed by atoms with Crippen LogP contribution >= 0.6 is 0 Å². The summed E-state index contributed by atoms with van der Waals surface area (Å²) in [4.78, 5) is 31.7. The van der Waals surface area contributed by atoms with E-state index in [-0.39, 0.29) is 54.0 Å². The number of hydrogen-bond acceptors (Lipinski definition) is 8. The smallest absolute Gasteiger partial charge is 0.168 e. The zero-order chi connectivity index (χ0) is 32.0. The molecule has 6 rings (SSSR count). The van der Waals surface area contributed by atoms with Crippen LogP contribution in [0.1, 0.15) is 76.0 Å². The van der Waals surface area contributed by atoms with Crippen LogP contribution < -0.4 is 9.47 Å². The number of benzene rings is 3. The van der Waals surface area contributed by atoms with E-state index in [1.54, 1.807) is 14.2 Å². The number of Topliss-reactive ketones (excluding diaryl/α,β-unsaturated/α-hetero) is 2. The van der Waals surface area contributed by atoms with E-state index < -0.39 is 0 Å². The molecule has 1 fully saturated rings. The van der Waals surface area contributed by atoms with Gasteiger partial charge in [-0.1, -0.05) is 71.9 Å². The lowest BCUT2D eigenvalue weighted by molar-refractivity contribution is -0.116. The van der Waals surface area contributed by atoms with Gasteiger partial charge in [0.15, 0.2) is 23.1 Å². The Morgan fingerprint density at radius 2 is 1.48 bits per heavy atom. The topological polar surface area (TPSA) is 111 Å². The monoisotopic (exact) mass is 618 g/mol. The standard InChI is InChI=1S/C38H38N2O6/c1-44-34-16-13-24(19-35(34)45-2)17-18-39-30-20-27(25-9-5-3-6-10-25)21-32(42)37(30)31(41)15-14-29-38-33(43)22-28(23-36(38)46-40-29)26-11-7-4-8-12-26/h3-13,16,19,27-28,41H,14-15,17-18,20-23H2,1-2H3/b37-31-,39-30?. The number of allylic oxidation sites excluding steroid dienone is 2. The molecule has 0 saturated heterocycles. The molecule has 0 radical (unpaired) electrons. The van der Waals surface area contributed by atoms with Gasteiger partial charge >= 0.3 is 0 Å². The highest BCUT2D eigenvalue weighted by Crippen LogP contribution is 2.36. The number of hydrogen-bond donors (Lipinski definition) is 1. The summed E-state index contributed by atoms with van der Waals surface area (Å²) in [6.45, 7) is 0.435. The van der Waals surface area contributed by atoms with Crippen molar-refractivity contribution in [3.63, 3.8) is 0 Å². The molecule has 4 aromatic rings. The molecular formula is C38H38N2O6. The minimum absolute atomic E-state index is 0.00430. The molecule has 2 aliphatic carbocycles. The number of aliphatic hydroxyl groups excluding tert-OH is 1. The van der Waals surface area contributed by atoms with Crippen molar-refractivity contribution in [1.29, 1.82) is 0 Å². The van der Waals surface area contributed by atoms with E-state index in [0.717, 1.165) is 16.7 Å². The van der Waals surface area contributed by atoms with Gasteiger partial charge in [0.25, 0.3) is 0 Å². The van der Waals surface area contributed by atoms with Gasteiger partial charge < -0.3 is 19.1 Å². The van der Waals surface area contributed by atoms with Crippen LogP contribution in [-0.2, 0) is 24.1 Å². The molecule has 0 aliphatic heterocycles. The summed E-state index contributed by atoms with van der Waals surface area (Å²) in [5.74, 6) is 1.75. The summed E-state index contributed by atoms with van der Waals surface area (Å²) in [5.41, 5.74) is 5.13. The van der Waals surface area contributed by atoms with Crippen LogP contribution in [0, 0.1) is 0 Å². The van der Waals surface area contributed by atoms with Gasteiger partial charge in [-0.25, -0.2) is 0 Å². The van der Waals surface area contributed by atoms with Crippen LogP contribution in [0.4, 0.5) is 0 Å². The van der Waals surface area contributed by atoms with Crippen LogP contribution in [-0.4, -0.2) is 48.3 Å². The number of carbonyl (C=O) groups excluding carboxylic acids is 2. The molecule has 0 amide bonds. The zero-order valence-electron chi connectivity index (χ0n) is 26.2. The van der Waals surface area contributed by atoms with Gasteiger partial charge in [-0.3, -0.25) is 14.6 Å². The summed E-state index contributed by atoms with van der Waals surface area (Å²) in [6.07, 6.45) is 2.87. The summed E-state index contributed by atoms with van der Waals surface area (Å²) < 4.78 is 16.4. The molecular weight excluding hydrogens is 580 g/mol. The van der Waals surface area contributed by atoms with Crippen LogP contribution in [0.2, 0.25) is 0 Å². The summed E-state index contributed by atoms with van der Waals surface area (Å²) in [6, 6.07) is 25.7. The molecule has 2 atom stereocenters. The number of aromatic nitrogens is 1. The van der Waals surface area contributed by atoms with Crippen LogP contribution in [0.25, 0.3) is 0 Å². The number of aliphatic hydroxyl groups is 1. The number of rotatable bonds is 10. The minimum atomic E-state index is -0.133. The second-order valence-corrected chi connectivity index (χ2v) is 11.9. The number of fused-ring (bicyclic) bond motifs is 1. The molecule has 1 N–H and O–H groups in total. The molecule has 2 unspecified atom stereocenters. The maximum atomic E-state index is 13.6. The fourth-order valence-electron chi connectivity index (χ4n) is 6.62. The summed E-state index contributed by atoms with van der Waals surface area (Å²) in [5, 5.41) is 15.6. The van der Waals surface area contributed by atoms with Crippen molar-refractivity contribution >= 4 is 17.3 Å². The fraction of sp³-hybridized carbons (Fsp3) is 0.316. The first-order valence-corrected chi connectivity index (χ1v) is 15.8. The number of carbonyl (C=O) groups is 2. The number of aryl methyl sites for hydroxylation is 1. The lowest BCUT2D eigenvalue weighted by atomic mass is 9.78. The lowest BCUT2D eigenvalue weighted by Gasteiger charge is -2.26. The van der Waals surface area contributed by atoms with Crippen molar-refractivity contribution in [2.75, 3.05) is 20.8 Å². The first-order valence-electron chi connectivity index (χ1n) is 15.8. The fourth-order valence-corrected chi connectivity index (χ4v) is 6.62. The molecule has 0 bridgehead atoms. The predicted molar refractivity (Wildman–Crippen MR) is 175 cm³/mol. The van der Waals surface area contributed by atoms with Crippen LogP contribution in [0.5, 0.6) is 11.5 Å². The lowest BCUT2D eigenvalue weighted by Crippen LogP contribution is -2.27. The van der Waals surface area contributed by atoms with E-state index in [9.17, 15) is 14.7 Å². The van der Waals surface area contributed by atoms with Crippen LogP contribution in [0.15, 0.2) is 99.7 Å². The zero-order valence-corrected chi connectivity index (χ0v) is 26.2. The second kappa shape index (κ2) is 14.0. The average molecular weight is 619 g/mol. The normalized spacial score (nSPS) is 20.0. The average Bonchev–Trinajstić information content (AvgIpc) is 3.51.